The maximum atomic E-state index is 12.2. The first kappa shape index (κ1) is 12.6. The quantitative estimate of drug-likeness (QED) is 0.772. The number of rotatable bonds is 4. The van der Waals surface area contributed by atoms with Crippen LogP contribution in [0.1, 0.15) is 5.69 Å². The molecular formula is C8H10ClF3N2S. The van der Waals surface area contributed by atoms with Crippen molar-refractivity contribution in [2.24, 2.45) is 0 Å². The van der Waals surface area contributed by atoms with Gasteiger partial charge in [0.05, 0.1) is 5.69 Å². The largest absolute Gasteiger partial charge is 0.406 e. The Morgan fingerprint density at radius 2 is 2.20 bits per heavy atom. The van der Waals surface area contributed by atoms with Crippen molar-refractivity contribution >= 4 is 28.1 Å². The van der Waals surface area contributed by atoms with Gasteiger partial charge in [-0.2, -0.15) is 13.2 Å². The zero-order valence-corrected chi connectivity index (χ0v) is 9.59. The molecule has 2 nitrogen and oxygen atoms in total. The minimum absolute atomic E-state index is 0.147. The molecule has 1 heterocycles. The maximum Gasteiger partial charge on any atom is 0.406 e. The van der Waals surface area contributed by atoms with Crippen molar-refractivity contribution < 1.29 is 13.2 Å². The van der Waals surface area contributed by atoms with Gasteiger partial charge in [0.25, 0.3) is 0 Å². The van der Waals surface area contributed by atoms with Crippen LogP contribution in [0.25, 0.3) is 0 Å². The van der Waals surface area contributed by atoms with Gasteiger partial charge in [-0.3, -0.25) is 0 Å². The van der Waals surface area contributed by atoms with E-state index in [9.17, 15) is 13.2 Å². The van der Waals surface area contributed by atoms with Crippen molar-refractivity contribution in [3.8, 4) is 0 Å². The molecule has 0 fully saturated rings. The Morgan fingerprint density at radius 1 is 1.53 bits per heavy atom. The Hall–Kier alpha value is -0.490. The smallest absolute Gasteiger partial charge is 0.338 e. The summed E-state index contributed by atoms with van der Waals surface area (Å²) in [4.78, 5) is 5.14. The van der Waals surface area contributed by atoms with Crippen LogP contribution in [-0.2, 0) is 0 Å². The zero-order valence-electron chi connectivity index (χ0n) is 8.01. The molecule has 0 aromatic carbocycles. The lowest BCUT2D eigenvalue weighted by molar-refractivity contribution is -0.119. The third-order valence-corrected chi connectivity index (χ3v) is 2.79. The fourth-order valence-corrected chi connectivity index (χ4v) is 2.08. The third-order valence-electron chi connectivity index (χ3n) is 1.60. The molecule has 0 saturated heterocycles. The molecule has 0 spiro atoms. The van der Waals surface area contributed by atoms with Gasteiger partial charge in [0.15, 0.2) is 5.13 Å². The molecule has 0 N–H and O–H groups in total. The lowest BCUT2D eigenvalue weighted by Crippen LogP contribution is -2.35. The van der Waals surface area contributed by atoms with Crippen molar-refractivity contribution in [2.75, 3.05) is 23.9 Å². The van der Waals surface area contributed by atoms with E-state index in [0.29, 0.717) is 5.13 Å². The summed E-state index contributed by atoms with van der Waals surface area (Å²) in [6.07, 6.45) is -4.23. The Bertz CT molecular complexity index is 313. The molecule has 86 valence electrons. The van der Waals surface area contributed by atoms with E-state index < -0.39 is 12.7 Å². The third kappa shape index (κ3) is 4.25. The Labute approximate surface area is 94.7 Å². The van der Waals surface area contributed by atoms with Crippen LogP contribution in [0.4, 0.5) is 18.3 Å². The molecule has 1 aromatic heterocycles. The highest BCUT2D eigenvalue weighted by Gasteiger charge is 2.31. The molecule has 1 rings (SSSR count). The van der Waals surface area contributed by atoms with E-state index in [4.69, 9.17) is 11.6 Å². The number of hydrogen-bond donors (Lipinski definition) is 0. The minimum Gasteiger partial charge on any atom is -0.338 e. The van der Waals surface area contributed by atoms with E-state index in [-0.39, 0.29) is 12.4 Å². The summed E-state index contributed by atoms with van der Waals surface area (Å²) in [5.74, 6) is 0.148. The summed E-state index contributed by atoms with van der Waals surface area (Å²) in [5, 5.41) is 2.08. The lowest BCUT2D eigenvalue weighted by atomic mass is 10.5. The fraction of sp³-hybridized carbons (Fsp3) is 0.625. The molecule has 0 bridgehead atoms. The number of alkyl halides is 4. The summed E-state index contributed by atoms with van der Waals surface area (Å²) in [7, 11) is 0. The monoisotopic (exact) mass is 258 g/mol. The van der Waals surface area contributed by atoms with Crippen LogP contribution in [-0.4, -0.2) is 30.1 Å². The van der Waals surface area contributed by atoms with Crippen molar-refractivity contribution in [2.45, 2.75) is 13.1 Å². The first-order valence-electron chi connectivity index (χ1n) is 4.22. The van der Waals surface area contributed by atoms with Crippen LogP contribution < -0.4 is 4.90 Å². The number of nitrogens with zero attached hydrogens (tertiary/aromatic N) is 2. The standard InChI is InChI=1S/C8H10ClF3N2S/c1-6-4-15-7(13-6)14(3-2-9)5-8(10,11)12/h4H,2-3,5H2,1H3. The molecule has 0 unspecified atom stereocenters. The topological polar surface area (TPSA) is 16.1 Å². The van der Waals surface area contributed by atoms with E-state index in [1.54, 1.807) is 12.3 Å². The lowest BCUT2D eigenvalue weighted by Gasteiger charge is -2.21. The van der Waals surface area contributed by atoms with Gasteiger partial charge in [0.1, 0.15) is 6.54 Å². The second kappa shape index (κ2) is 5.03. The molecule has 0 atom stereocenters. The average Bonchev–Trinajstić information content (AvgIpc) is 2.48. The Morgan fingerprint density at radius 3 is 2.60 bits per heavy atom. The highest BCUT2D eigenvalue weighted by atomic mass is 35.5. The summed E-state index contributed by atoms with van der Waals surface area (Å²) in [6, 6.07) is 0. The van der Waals surface area contributed by atoms with Crippen molar-refractivity contribution in [3.63, 3.8) is 0 Å². The van der Waals surface area contributed by atoms with Crippen LogP contribution >= 0.6 is 22.9 Å². The maximum absolute atomic E-state index is 12.2. The molecule has 0 aliphatic rings. The van der Waals surface area contributed by atoms with Gasteiger partial charge in [-0.1, -0.05) is 0 Å². The van der Waals surface area contributed by atoms with Gasteiger partial charge in [0, 0.05) is 17.8 Å². The first-order chi connectivity index (χ1) is 6.92. The number of aromatic nitrogens is 1. The first-order valence-corrected chi connectivity index (χ1v) is 5.63. The van der Waals surface area contributed by atoms with Crippen LogP contribution in [0.5, 0.6) is 0 Å². The molecule has 0 saturated carbocycles. The number of hydrogen-bond acceptors (Lipinski definition) is 3. The molecule has 0 radical (unpaired) electrons. The van der Waals surface area contributed by atoms with E-state index >= 15 is 0 Å². The van der Waals surface area contributed by atoms with Gasteiger partial charge < -0.3 is 4.90 Å². The average molecular weight is 259 g/mol. The normalized spacial score (nSPS) is 11.8. The highest BCUT2D eigenvalue weighted by molar-refractivity contribution is 7.13. The van der Waals surface area contributed by atoms with Gasteiger partial charge in [-0.15, -0.1) is 22.9 Å². The van der Waals surface area contributed by atoms with Crippen molar-refractivity contribution in [1.82, 2.24) is 4.98 Å². The molecule has 15 heavy (non-hydrogen) atoms. The second-order valence-electron chi connectivity index (χ2n) is 3.00. The van der Waals surface area contributed by atoms with Crippen LogP contribution in [0.15, 0.2) is 5.38 Å². The molecule has 0 aliphatic heterocycles. The van der Waals surface area contributed by atoms with Crippen molar-refractivity contribution in [1.29, 1.82) is 0 Å². The van der Waals surface area contributed by atoms with Gasteiger partial charge in [-0.05, 0) is 6.92 Å². The molecule has 1 aromatic rings. The molecule has 0 amide bonds. The van der Waals surface area contributed by atoms with Crippen LogP contribution in [0, 0.1) is 6.92 Å². The number of aryl methyl sites for hydroxylation is 1. The van der Waals surface area contributed by atoms with E-state index in [0.717, 1.165) is 10.6 Å². The zero-order chi connectivity index (χ0) is 11.5. The predicted molar refractivity (Wildman–Crippen MR) is 55.8 cm³/mol. The minimum atomic E-state index is -4.23. The number of anilines is 1. The Balaban J connectivity index is 2.74. The SMILES string of the molecule is Cc1csc(N(CCCl)CC(F)(F)F)n1. The summed E-state index contributed by atoms with van der Waals surface area (Å²) >= 11 is 6.64. The van der Waals surface area contributed by atoms with Gasteiger partial charge in [-0.25, -0.2) is 4.98 Å². The summed E-state index contributed by atoms with van der Waals surface area (Å²) < 4.78 is 36.6. The number of thiazole rings is 1. The van der Waals surface area contributed by atoms with E-state index in [1.165, 1.54) is 11.3 Å². The Kier molecular flexibility index (Phi) is 4.21. The molecule has 0 aliphatic carbocycles. The van der Waals surface area contributed by atoms with Gasteiger partial charge in [0.2, 0.25) is 0 Å². The van der Waals surface area contributed by atoms with Crippen LogP contribution in [0.2, 0.25) is 0 Å². The highest BCUT2D eigenvalue weighted by Crippen LogP contribution is 2.24. The summed E-state index contributed by atoms with van der Waals surface area (Å²) in [6.45, 7) is 0.882. The van der Waals surface area contributed by atoms with Crippen LogP contribution in [0.3, 0.4) is 0 Å². The molecule has 7 heteroatoms. The van der Waals surface area contributed by atoms with E-state index in [1.807, 2.05) is 0 Å². The fourth-order valence-electron chi connectivity index (χ4n) is 1.05. The van der Waals surface area contributed by atoms with E-state index in [2.05, 4.69) is 4.98 Å². The van der Waals surface area contributed by atoms with Crippen molar-refractivity contribution in [3.05, 3.63) is 11.1 Å². The van der Waals surface area contributed by atoms with Gasteiger partial charge >= 0.3 is 6.18 Å². The number of halogens is 4. The second-order valence-corrected chi connectivity index (χ2v) is 4.21. The molecular weight excluding hydrogens is 249 g/mol. The predicted octanol–water partition coefficient (Wildman–Crippen LogP) is 3.06. The summed E-state index contributed by atoms with van der Waals surface area (Å²) in [5.41, 5.74) is 0.719.